The number of amides is 3. The Morgan fingerprint density at radius 2 is 1.64 bits per heavy atom. The number of benzene rings is 1. The number of rotatable bonds is 4. The first-order chi connectivity index (χ1) is 13.6. The van der Waals surface area contributed by atoms with Crippen molar-refractivity contribution in [1.82, 2.24) is 20.0 Å². The molecule has 6 nitrogen and oxygen atoms in total. The zero-order valence-electron chi connectivity index (χ0n) is 16.3. The van der Waals surface area contributed by atoms with Gasteiger partial charge in [0, 0.05) is 37.7 Å². The van der Waals surface area contributed by atoms with Crippen molar-refractivity contribution in [3.05, 3.63) is 34.9 Å². The van der Waals surface area contributed by atoms with E-state index in [-0.39, 0.29) is 11.9 Å². The van der Waals surface area contributed by atoms with E-state index in [2.05, 4.69) is 21.2 Å². The Labute approximate surface area is 171 Å². The Bertz CT molecular complexity index is 725. The lowest BCUT2D eigenvalue weighted by molar-refractivity contribution is -0.133. The van der Waals surface area contributed by atoms with Gasteiger partial charge in [-0.1, -0.05) is 49.4 Å². The third kappa shape index (κ3) is 4.19. The summed E-state index contributed by atoms with van der Waals surface area (Å²) in [5, 5.41) is 3.80. The first-order valence-electron chi connectivity index (χ1n) is 10.4. The average molecular weight is 405 g/mol. The van der Waals surface area contributed by atoms with E-state index in [1.165, 1.54) is 10.5 Å². The summed E-state index contributed by atoms with van der Waals surface area (Å²) < 4.78 is 0. The maximum absolute atomic E-state index is 13.0. The second kappa shape index (κ2) is 8.39. The number of imide groups is 1. The Kier molecular flexibility index (Phi) is 5.90. The summed E-state index contributed by atoms with van der Waals surface area (Å²) in [6, 6.07) is 7.76. The van der Waals surface area contributed by atoms with E-state index in [0.717, 1.165) is 76.3 Å². The number of nitrogens with one attached hydrogen (secondary N) is 1. The number of hydrogen-bond acceptors (Lipinski definition) is 4. The number of piperazine rings is 1. The van der Waals surface area contributed by atoms with E-state index in [4.69, 9.17) is 11.6 Å². The molecule has 1 saturated carbocycles. The van der Waals surface area contributed by atoms with Gasteiger partial charge in [-0.3, -0.25) is 14.6 Å². The van der Waals surface area contributed by atoms with Crippen LogP contribution >= 0.6 is 11.6 Å². The van der Waals surface area contributed by atoms with Gasteiger partial charge >= 0.3 is 6.03 Å². The Morgan fingerprint density at radius 3 is 2.32 bits per heavy atom. The van der Waals surface area contributed by atoms with Crippen molar-refractivity contribution >= 4 is 23.5 Å². The van der Waals surface area contributed by atoms with Crippen molar-refractivity contribution < 1.29 is 9.59 Å². The SMILES string of the molecule is O=C1NC2(CCCCCC2)C(=O)N1CN1CCN(Cc2cccc(Cl)c2)CC1. The van der Waals surface area contributed by atoms with E-state index in [0.29, 0.717) is 6.67 Å². The predicted molar refractivity (Wildman–Crippen MR) is 109 cm³/mol. The average Bonchev–Trinajstić information content (AvgIpc) is 2.84. The molecule has 7 heteroatoms. The number of carbonyl (C=O) groups is 2. The van der Waals surface area contributed by atoms with E-state index >= 15 is 0 Å². The zero-order chi connectivity index (χ0) is 19.6. The Hall–Kier alpha value is -1.63. The van der Waals surface area contributed by atoms with Gasteiger partial charge < -0.3 is 5.32 Å². The Morgan fingerprint density at radius 1 is 0.964 bits per heavy atom. The number of urea groups is 1. The maximum Gasteiger partial charge on any atom is 0.326 e. The smallest absolute Gasteiger partial charge is 0.323 e. The fourth-order valence-electron chi connectivity index (χ4n) is 4.66. The van der Waals surface area contributed by atoms with Crippen LogP contribution in [0.4, 0.5) is 4.79 Å². The van der Waals surface area contributed by atoms with Crippen molar-refractivity contribution in [2.24, 2.45) is 0 Å². The number of carbonyl (C=O) groups excluding carboxylic acids is 2. The number of nitrogens with zero attached hydrogens (tertiary/aromatic N) is 3. The van der Waals surface area contributed by atoms with Crippen LogP contribution in [0, 0.1) is 0 Å². The highest BCUT2D eigenvalue weighted by Gasteiger charge is 2.50. The molecule has 3 fully saturated rings. The van der Waals surface area contributed by atoms with Crippen LogP contribution in [0.2, 0.25) is 5.02 Å². The Balaban J connectivity index is 1.31. The summed E-state index contributed by atoms with van der Waals surface area (Å²) in [4.78, 5) is 31.6. The van der Waals surface area contributed by atoms with Crippen molar-refractivity contribution in [2.45, 2.75) is 50.6 Å². The molecular formula is C21H29ClN4O2. The van der Waals surface area contributed by atoms with Crippen LogP contribution in [0.3, 0.4) is 0 Å². The van der Waals surface area contributed by atoms with Crippen molar-refractivity contribution in [3.8, 4) is 0 Å². The molecule has 1 aliphatic carbocycles. The molecule has 2 aliphatic heterocycles. The highest BCUT2D eigenvalue weighted by atomic mass is 35.5. The third-order valence-corrected chi connectivity index (χ3v) is 6.54. The summed E-state index contributed by atoms with van der Waals surface area (Å²) in [6.45, 7) is 4.82. The molecule has 4 rings (SSSR count). The zero-order valence-corrected chi connectivity index (χ0v) is 17.1. The normalized spacial score (nSPS) is 23.8. The molecule has 0 bridgehead atoms. The van der Waals surface area contributed by atoms with Gasteiger partial charge in [0.25, 0.3) is 5.91 Å². The predicted octanol–water partition coefficient (Wildman–Crippen LogP) is 3.06. The molecule has 0 atom stereocenters. The minimum Gasteiger partial charge on any atom is -0.323 e. The van der Waals surface area contributed by atoms with Gasteiger partial charge in [0.05, 0.1) is 6.67 Å². The molecule has 0 radical (unpaired) electrons. The third-order valence-electron chi connectivity index (χ3n) is 6.30. The molecule has 2 heterocycles. The van der Waals surface area contributed by atoms with Gasteiger partial charge in [0.15, 0.2) is 0 Å². The summed E-state index contributed by atoms with van der Waals surface area (Å²) in [6.07, 6.45) is 5.89. The highest BCUT2D eigenvalue weighted by molar-refractivity contribution is 6.30. The molecule has 152 valence electrons. The lowest BCUT2D eigenvalue weighted by Gasteiger charge is -2.36. The van der Waals surface area contributed by atoms with Gasteiger partial charge in [0.2, 0.25) is 0 Å². The molecule has 3 aliphatic rings. The van der Waals surface area contributed by atoms with Crippen LogP contribution in [0.25, 0.3) is 0 Å². The van der Waals surface area contributed by atoms with Crippen LogP contribution in [-0.4, -0.2) is 65.0 Å². The summed E-state index contributed by atoms with van der Waals surface area (Å²) in [7, 11) is 0. The number of halogens is 1. The van der Waals surface area contributed by atoms with Gasteiger partial charge in [-0.25, -0.2) is 9.69 Å². The molecule has 0 unspecified atom stereocenters. The van der Waals surface area contributed by atoms with Crippen LogP contribution in [-0.2, 0) is 11.3 Å². The molecule has 2 saturated heterocycles. The molecule has 3 amide bonds. The lowest BCUT2D eigenvalue weighted by Crippen LogP contribution is -2.51. The van der Waals surface area contributed by atoms with Crippen molar-refractivity contribution in [1.29, 1.82) is 0 Å². The van der Waals surface area contributed by atoms with Crippen molar-refractivity contribution in [3.63, 3.8) is 0 Å². The molecule has 1 aromatic carbocycles. The topological polar surface area (TPSA) is 55.9 Å². The first kappa shape index (κ1) is 19.7. The van der Waals surface area contributed by atoms with Gasteiger partial charge in [-0.15, -0.1) is 0 Å². The van der Waals surface area contributed by atoms with Crippen LogP contribution in [0.1, 0.15) is 44.1 Å². The van der Waals surface area contributed by atoms with E-state index < -0.39 is 5.54 Å². The molecule has 0 aromatic heterocycles. The minimum atomic E-state index is -0.637. The molecular weight excluding hydrogens is 376 g/mol. The van der Waals surface area contributed by atoms with E-state index in [9.17, 15) is 9.59 Å². The molecule has 28 heavy (non-hydrogen) atoms. The molecule has 1 spiro atoms. The minimum absolute atomic E-state index is 0.0132. The fourth-order valence-corrected chi connectivity index (χ4v) is 4.87. The van der Waals surface area contributed by atoms with Gasteiger partial charge in [-0.2, -0.15) is 0 Å². The van der Waals surface area contributed by atoms with Crippen LogP contribution < -0.4 is 5.32 Å². The fraction of sp³-hybridized carbons (Fsp3) is 0.619. The van der Waals surface area contributed by atoms with Crippen LogP contribution in [0.5, 0.6) is 0 Å². The van der Waals surface area contributed by atoms with Crippen LogP contribution in [0.15, 0.2) is 24.3 Å². The monoisotopic (exact) mass is 404 g/mol. The van der Waals surface area contributed by atoms with E-state index in [1.54, 1.807) is 0 Å². The maximum atomic E-state index is 13.0. The lowest BCUT2D eigenvalue weighted by atomic mass is 9.90. The summed E-state index contributed by atoms with van der Waals surface area (Å²) in [5.74, 6) is -0.0132. The van der Waals surface area contributed by atoms with Crippen molar-refractivity contribution in [2.75, 3.05) is 32.8 Å². The molecule has 1 aromatic rings. The second-order valence-electron chi connectivity index (χ2n) is 8.33. The van der Waals surface area contributed by atoms with E-state index in [1.807, 2.05) is 18.2 Å². The van der Waals surface area contributed by atoms with Gasteiger partial charge in [0.1, 0.15) is 5.54 Å². The first-order valence-corrected chi connectivity index (χ1v) is 10.8. The highest BCUT2D eigenvalue weighted by Crippen LogP contribution is 2.32. The largest absolute Gasteiger partial charge is 0.326 e. The summed E-state index contributed by atoms with van der Waals surface area (Å²) in [5.41, 5.74) is 0.576. The second-order valence-corrected chi connectivity index (χ2v) is 8.76. The number of hydrogen-bond donors (Lipinski definition) is 1. The molecule has 1 N–H and O–H groups in total. The summed E-state index contributed by atoms with van der Waals surface area (Å²) >= 11 is 6.08. The standard InChI is InChI=1S/C21H29ClN4O2/c22-18-7-5-6-17(14-18)15-24-10-12-25(13-11-24)16-26-19(27)21(23-20(26)28)8-3-1-2-4-9-21/h5-7,14H,1-4,8-13,15-16H2,(H,23,28). The van der Waals surface area contributed by atoms with Gasteiger partial charge in [-0.05, 0) is 30.5 Å². The quantitative estimate of drug-likeness (QED) is 0.783.